The average molecular weight is 251 g/mol. The second kappa shape index (κ2) is 5.85. The number of rotatable bonds is 4. The molecule has 2 N–H and O–H groups in total. The zero-order chi connectivity index (χ0) is 13.0. The second-order valence-corrected chi connectivity index (χ2v) is 5.54. The van der Waals surface area contributed by atoms with Crippen LogP contribution in [0.4, 0.5) is 0 Å². The lowest BCUT2D eigenvalue weighted by Gasteiger charge is -2.48. The summed E-state index contributed by atoms with van der Waals surface area (Å²) >= 11 is 0. The molecule has 4 nitrogen and oxygen atoms in total. The van der Waals surface area contributed by atoms with Crippen molar-refractivity contribution in [2.45, 2.75) is 37.6 Å². The fourth-order valence-corrected chi connectivity index (χ4v) is 3.32. The summed E-state index contributed by atoms with van der Waals surface area (Å²) in [4.78, 5) is 16.3. The summed E-state index contributed by atoms with van der Waals surface area (Å²) in [6, 6.07) is 0. The number of hydrogen-bond acceptors (Lipinski definition) is 3. The molecule has 1 saturated carbocycles. The number of carbonyl (C=O) groups is 1. The van der Waals surface area contributed by atoms with Gasteiger partial charge in [-0.1, -0.05) is 25.3 Å². The molecule has 1 heterocycles. The molecule has 2 fully saturated rings. The molecule has 1 amide bonds. The van der Waals surface area contributed by atoms with Crippen LogP contribution >= 0.6 is 0 Å². The zero-order valence-corrected chi connectivity index (χ0v) is 11.2. The average Bonchev–Trinajstić information content (AvgIpc) is 2.42. The molecule has 0 unspecified atom stereocenters. The molecule has 1 saturated heterocycles. The fraction of sp³-hybridized carbons (Fsp3) is 0.786. The van der Waals surface area contributed by atoms with Crippen LogP contribution in [0.2, 0.25) is 0 Å². The third kappa shape index (κ3) is 2.59. The maximum Gasteiger partial charge on any atom is 0.237 e. The smallest absolute Gasteiger partial charge is 0.237 e. The number of carbonyl (C=O) groups excluding carboxylic acids is 1. The molecule has 0 aromatic heterocycles. The van der Waals surface area contributed by atoms with Gasteiger partial charge in [0.05, 0.1) is 6.54 Å². The van der Waals surface area contributed by atoms with Gasteiger partial charge in [0.1, 0.15) is 0 Å². The quantitative estimate of drug-likeness (QED) is 0.758. The molecule has 2 rings (SSSR count). The summed E-state index contributed by atoms with van der Waals surface area (Å²) in [7, 11) is 0. The molecular weight excluding hydrogens is 226 g/mol. The molecule has 0 spiro atoms. The first kappa shape index (κ1) is 13.6. The fourth-order valence-electron chi connectivity index (χ4n) is 3.32. The van der Waals surface area contributed by atoms with E-state index in [1.165, 1.54) is 19.3 Å². The highest BCUT2D eigenvalue weighted by molar-refractivity contribution is 5.79. The van der Waals surface area contributed by atoms with Crippen LogP contribution in [0.5, 0.6) is 0 Å². The summed E-state index contributed by atoms with van der Waals surface area (Å²) in [5, 5.41) is 0. The Morgan fingerprint density at radius 2 is 2.00 bits per heavy atom. The first-order valence-corrected chi connectivity index (χ1v) is 7.06. The van der Waals surface area contributed by atoms with Crippen LogP contribution in [0, 0.1) is 0 Å². The van der Waals surface area contributed by atoms with E-state index < -0.39 is 0 Å². The minimum Gasteiger partial charge on any atom is -0.337 e. The van der Waals surface area contributed by atoms with Crippen LogP contribution in [-0.2, 0) is 4.79 Å². The molecular formula is C14H25N3O. The topological polar surface area (TPSA) is 49.6 Å². The van der Waals surface area contributed by atoms with Crippen LogP contribution in [0.3, 0.4) is 0 Å². The second-order valence-electron chi connectivity index (χ2n) is 5.54. The molecule has 1 aliphatic carbocycles. The van der Waals surface area contributed by atoms with Crippen molar-refractivity contribution < 1.29 is 4.79 Å². The Kier molecular flexibility index (Phi) is 4.40. The number of nitrogens with zero attached hydrogens (tertiary/aromatic N) is 2. The van der Waals surface area contributed by atoms with Gasteiger partial charge in [-0.25, -0.2) is 0 Å². The van der Waals surface area contributed by atoms with Gasteiger partial charge in [-0.05, 0) is 12.8 Å². The first-order chi connectivity index (χ1) is 8.72. The van der Waals surface area contributed by atoms with Crippen LogP contribution in [-0.4, -0.2) is 54.0 Å². The molecule has 2 aliphatic rings. The maximum atomic E-state index is 12.1. The van der Waals surface area contributed by atoms with Crippen molar-refractivity contribution in [3.8, 4) is 0 Å². The minimum absolute atomic E-state index is 0.0914. The molecule has 0 radical (unpaired) electrons. The van der Waals surface area contributed by atoms with Crippen molar-refractivity contribution in [3.05, 3.63) is 12.7 Å². The molecule has 0 bridgehead atoms. The van der Waals surface area contributed by atoms with Crippen molar-refractivity contribution in [1.82, 2.24) is 9.80 Å². The Labute approximate surface area is 110 Å². The van der Waals surface area contributed by atoms with Crippen molar-refractivity contribution in [1.29, 1.82) is 0 Å². The lowest BCUT2D eigenvalue weighted by atomic mass is 9.80. The van der Waals surface area contributed by atoms with Gasteiger partial charge in [0.25, 0.3) is 0 Å². The van der Waals surface area contributed by atoms with E-state index in [9.17, 15) is 4.79 Å². The van der Waals surface area contributed by atoms with E-state index in [0.717, 1.165) is 25.9 Å². The third-order valence-electron chi connectivity index (χ3n) is 4.50. The molecule has 102 valence electrons. The normalized spacial score (nSPS) is 25.2. The number of amides is 1. The van der Waals surface area contributed by atoms with Gasteiger partial charge < -0.3 is 10.6 Å². The van der Waals surface area contributed by atoms with Crippen molar-refractivity contribution in [3.63, 3.8) is 0 Å². The standard InChI is InChI=1S/C14H25N3O/c1-2-8-16-9-10-17(11-13(16)18)14(12-15)6-4-3-5-7-14/h2H,1,3-12,15H2. The summed E-state index contributed by atoms with van der Waals surface area (Å²) in [6.07, 6.45) is 7.91. The van der Waals surface area contributed by atoms with Crippen molar-refractivity contribution in [2.24, 2.45) is 5.73 Å². The molecule has 0 aromatic rings. The SMILES string of the molecule is C=CCN1CCN(C2(CN)CCCCC2)CC1=O. The van der Waals surface area contributed by atoms with E-state index in [1.54, 1.807) is 6.08 Å². The molecule has 0 atom stereocenters. The molecule has 18 heavy (non-hydrogen) atoms. The van der Waals surface area contributed by atoms with Crippen LogP contribution < -0.4 is 5.73 Å². The van der Waals surface area contributed by atoms with Crippen molar-refractivity contribution in [2.75, 3.05) is 32.7 Å². The summed E-state index contributed by atoms with van der Waals surface area (Å²) in [5.41, 5.74) is 6.12. The van der Waals surface area contributed by atoms with Gasteiger partial charge >= 0.3 is 0 Å². The van der Waals surface area contributed by atoms with Crippen LogP contribution in [0.15, 0.2) is 12.7 Å². The van der Waals surface area contributed by atoms with Crippen molar-refractivity contribution >= 4 is 5.91 Å². The Hall–Kier alpha value is -0.870. The van der Waals surface area contributed by atoms with E-state index in [4.69, 9.17) is 5.73 Å². The first-order valence-electron chi connectivity index (χ1n) is 7.06. The van der Waals surface area contributed by atoms with Gasteiger partial charge in [-0.2, -0.15) is 0 Å². The number of nitrogens with two attached hydrogens (primary N) is 1. The van der Waals surface area contributed by atoms with Crippen LogP contribution in [0.25, 0.3) is 0 Å². The monoisotopic (exact) mass is 251 g/mol. The van der Waals surface area contributed by atoms with Gasteiger partial charge in [-0.3, -0.25) is 9.69 Å². The van der Waals surface area contributed by atoms with Gasteiger partial charge in [0, 0.05) is 31.7 Å². The molecule has 0 aromatic carbocycles. The summed E-state index contributed by atoms with van der Waals surface area (Å²) in [6.45, 7) is 7.35. The van der Waals surface area contributed by atoms with E-state index in [2.05, 4.69) is 11.5 Å². The Morgan fingerprint density at radius 1 is 1.28 bits per heavy atom. The predicted octanol–water partition coefficient (Wildman–Crippen LogP) is 0.978. The van der Waals surface area contributed by atoms with Crippen LogP contribution in [0.1, 0.15) is 32.1 Å². The largest absolute Gasteiger partial charge is 0.337 e. The Bertz CT molecular complexity index is 310. The maximum absolute atomic E-state index is 12.1. The lowest BCUT2D eigenvalue weighted by Crippen LogP contribution is -2.62. The Balaban J connectivity index is 2.01. The lowest BCUT2D eigenvalue weighted by molar-refractivity contribution is -0.139. The van der Waals surface area contributed by atoms with E-state index in [1.807, 2.05) is 4.90 Å². The molecule has 4 heteroatoms. The Morgan fingerprint density at radius 3 is 2.56 bits per heavy atom. The predicted molar refractivity (Wildman–Crippen MR) is 73.2 cm³/mol. The number of hydrogen-bond donors (Lipinski definition) is 1. The third-order valence-corrected chi connectivity index (χ3v) is 4.50. The van der Waals surface area contributed by atoms with E-state index in [-0.39, 0.29) is 11.4 Å². The van der Waals surface area contributed by atoms with E-state index in [0.29, 0.717) is 19.6 Å². The highest BCUT2D eigenvalue weighted by Gasteiger charge is 2.39. The van der Waals surface area contributed by atoms with Gasteiger partial charge in [0.15, 0.2) is 0 Å². The highest BCUT2D eigenvalue weighted by atomic mass is 16.2. The highest BCUT2D eigenvalue weighted by Crippen LogP contribution is 2.33. The zero-order valence-electron chi connectivity index (χ0n) is 11.2. The van der Waals surface area contributed by atoms with E-state index >= 15 is 0 Å². The number of piperazine rings is 1. The summed E-state index contributed by atoms with van der Waals surface area (Å²) < 4.78 is 0. The molecule has 1 aliphatic heterocycles. The van der Waals surface area contributed by atoms with Gasteiger partial charge in [-0.15, -0.1) is 6.58 Å². The van der Waals surface area contributed by atoms with Gasteiger partial charge in [0.2, 0.25) is 5.91 Å². The summed E-state index contributed by atoms with van der Waals surface area (Å²) in [5.74, 6) is 0.222. The minimum atomic E-state index is 0.0914.